The van der Waals surface area contributed by atoms with Crippen LogP contribution in [0.4, 0.5) is 10.1 Å². The van der Waals surface area contributed by atoms with Crippen molar-refractivity contribution >= 4 is 17.5 Å². The van der Waals surface area contributed by atoms with Crippen LogP contribution in [0.3, 0.4) is 0 Å². The maximum atomic E-state index is 13.0. The van der Waals surface area contributed by atoms with Gasteiger partial charge in [-0.1, -0.05) is 24.3 Å². The molecule has 0 spiro atoms. The van der Waals surface area contributed by atoms with Gasteiger partial charge in [-0.05, 0) is 54.2 Å². The predicted octanol–water partition coefficient (Wildman–Crippen LogP) is 3.69. The van der Waals surface area contributed by atoms with Crippen molar-refractivity contribution in [1.29, 1.82) is 0 Å². The highest BCUT2D eigenvalue weighted by atomic mass is 19.1. The summed E-state index contributed by atoms with van der Waals surface area (Å²) in [7, 11) is 0. The molecule has 1 heterocycles. The Morgan fingerprint density at radius 2 is 2.00 bits per heavy atom. The maximum Gasteiger partial charge on any atom is 0.228 e. The molecule has 1 saturated carbocycles. The highest BCUT2D eigenvalue weighted by molar-refractivity contribution is 5.95. The molecule has 1 aliphatic carbocycles. The van der Waals surface area contributed by atoms with Crippen LogP contribution in [0.1, 0.15) is 36.3 Å². The van der Waals surface area contributed by atoms with E-state index in [9.17, 15) is 14.0 Å². The molecule has 134 valence electrons. The topological polar surface area (TPSA) is 49.4 Å². The summed E-state index contributed by atoms with van der Waals surface area (Å²) in [6.45, 7) is 1.39. The number of rotatable bonds is 5. The van der Waals surface area contributed by atoms with E-state index in [0.29, 0.717) is 13.0 Å². The van der Waals surface area contributed by atoms with Gasteiger partial charge in [-0.15, -0.1) is 0 Å². The van der Waals surface area contributed by atoms with Gasteiger partial charge >= 0.3 is 0 Å². The fourth-order valence-corrected chi connectivity index (χ4v) is 3.64. The number of likely N-dealkylation sites (tertiary alicyclic amines) is 1. The Labute approximate surface area is 152 Å². The first kappa shape index (κ1) is 16.8. The SMILES string of the molecule is O=C(Nc1cccc(CN2CCCC2=O)c1)C1CC1c1ccc(F)cc1. The van der Waals surface area contributed by atoms with Gasteiger partial charge in [-0.2, -0.15) is 0 Å². The molecule has 2 atom stereocenters. The van der Waals surface area contributed by atoms with Gasteiger partial charge in [-0.25, -0.2) is 4.39 Å². The molecule has 1 saturated heterocycles. The predicted molar refractivity (Wildman–Crippen MR) is 97.0 cm³/mol. The quantitative estimate of drug-likeness (QED) is 0.892. The second kappa shape index (κ2) is 6.90. The summed E-state index contributed by atoms with van der Waals surface area (Å²) >= 11 is 0. The summed E-state index contributed by atoms with van der Waals surface area (Å²) in [6, 6.07) is 14.0. The lowest BCUT2D eigenvalue weighted by atomic mass is 10.1. The molecule has 26 heavy (non-hydrogen) atoms. The van der Waals surface area contributed by atoms with E-state index in [1.54, 1.807) is 12.1 Å². The van der Waals surface area contributed by atoms with E-state index in [1.165, 1.54) is 12.1 Å². The molecule has 2 aromatic carbocycles. The zero-order valence-corrected chi connectivity index (χ0v) is 14.5. The molecule has 2 amide bonds. The van der Waals surface area contributed by atoms with Gasteiger partial charge in [0.25, 0.3) is 0 Å². The van der Waals surface area contributed by atoms with Crippen molar-refractivity contribution in [3.63, 3.8) is 0 Å². The van der Waals surface area contributed by atoms with E-state index in [4.69, 9.17) is 0 Å². The fraction of sp³-hybridized carbons (Fsp3) is 0.333. The molecule has 2 fully saturated rings. The first-order valence-electron chi connectivity index (χ1n) is 9.03. The normalized spacial score (nSPS) is 21.7. The summed E-state index contributed by atoms with van der Waals surface area (Å²) < 4.78 is 13.0. The van der Waals surface area contributed by atoms with Gasteiger partial charge in [0.2, 0.25) is 11.8 Å². The van der Waals surface area contributed by atoms with E-state index >= 15 is 0 Å². The lowest BCUT2D eigenvalue weighted by Crippen LogP contribution is -2.23. The van der Waals surface area contributed by atoms with E-state index < -0.39 is 0 Å². The zero-order chi connectivity index (χ0) is 18.1. The Hall–Kier alpha value is -2.69. The number of carbonyl (C=O) groups is 2. The minimum Gasteiger partial charge on any atom is -0.338 e. The molecule has 4 rings (SSSR count). The van der Waals surface area contributed by atoms with Crippen LogP contribution in [0.2, 0.25) is 0 Å². The molecule has 0 aromatic heterocycles. The van der Waals surface area contributed by atoms with Gasteiger partial charge in [0.15, 0.2) is 0 Å². The average Bonchev–Trinajstić information content (AvgIpc) is 3.34. The van der Waals surface area contributed by atoms with Crippen LogP contribution in [-0.2, 0) is 16.1 Å². The Bertz CT molecular complexity index is 834. The maximum absolute atomic E-state index is 13.0. The summed E-state index contributed by atoms with van der Waals surface area (Å²) in [5.74, 6) is 0.0299. The van der Waals surface area contributed by atoms with Crippen LogP contribution in [0.15, 0.2) is 48.5 Å². The minimum absolute atomic E-state index is 0.00581. The van der Waals surface area contributed by atoms with Gasteiger partial charge in [0, 0.05) is 31.1 Å². The monoisotopic (exact) mass is 352 g/mol. The smallest absolute Gasteiger partial charge is 0.228 e. The Kier molecular flexibility index (Phi) is 4.45. The standard InChI is InChI=1S/C21H21FN2O2/c22-16-8-6-15(7-9-16)18-12-19(18)21(26)23-17-4-1-3-14(11-17)13-24-10-2-5-20(24)25/h1,3-4,6-9,11,18-19H,2,5,10,12-13H2,(H,23,26). The fourth-order valence-electron chi connectivity index (χ4n) is 3.64. The average molecular weight is 352 g/mol. The summed E-state index contributed by atoms with van der Waals surface area (Å²) in [6.07, 6.45) is 2.34. The summed E-state index contributed by atoms with van der Waals surface area (Å²) in [4.78, 5) is 26.1. The Morgan fingerprint density at radius 3 is 2.73 bits per heavy atom. The van der Waals surface area contributed by atoms with E-state index in [1.807, 2.05) is 29.2 Å². The van der Waals surface area contributed by atoms with Gasteiger partial charge < -0.3 is 10.2 Å². The first-order chi connectivity index (χ1) is 12.6. The van der Waals surface area contributed by atoms with Gasteiger partial charge in [0.05, 0.1) is 0 Å². The third-order valence-electron chi connectivity index (χ3n) is 5.16. The molecule has 0 bridgehead atoms. The van der Waals surface area contributed by atoms with Crippen LogP contribution in [-0.4, -0.2) is 23.3 Å². The second-order valence-electron chi connectivity index (χ2n) is 7.11. The number of hydrogen-bond acceptors (Lipinski definition) is 2. The third-order valence-corrected chi connectivity index (χ3v) is 5.16. The molecule has 4 nitrogen and oxygen atoms in total. The molecule has 5 heteroatoms. The zero-order valence-electron chi connectivity index (χ0n) is 14.5. The molecule has 2 aliphatic rings. The largest absolute Gasteiger partial charge is 0.338 e. The Morgan fingerprint density at radius 1 is 1.19 bits per heavy atom. The lowest BCUT2D eigenvalue weighted by molar-refractivity contribution is -0.128. The summed E-state index contributed by atoms with van der Waals surface area (Å²) in [5, 5.41) is 2.98. The molecule has 0 radical (unpaired) electrons. The van der Waals surface area contributed by atoms with Crippen LogP contribution in [0, 0.1) is 11.7 Å². The number of amides is 2. The lowest BCUT2D eigenvalue weighted by Gasteiger charge is -2.16. The molecule has 2 unspecified atom stereocenters. The number of nitrogens with zero attached hydrogens (tertiary/aromatic N) is 1. The van der Waals surface area contributed by atoms with Crippen molar-refractivity contribution in [1.82, 2.24) is 4.90 Å². The van der Waals surface area contributed by atoms with E-state index in [2.05, 4.69) is 5.32 Å². The number of halogens is 1. The van der Waals surface area contributed by atoms with Crippen LogP contribution in [0.25, 0.3) is 0 Å². The van der Waals surface area contributed by atoms with Crippen LogP contribution >= 0.6 is 0 Å². The van der Waals surface area contributed by atoms with E-state index in [0.717, 1.165) is 36.2 Å². The van der Waals surface area contributed by atoms with Crippen LogP contribution in [0.5, 0.6) is 0 Å². The van der Waals surface area contributed by atoms with Crippen molar-refractivity contribution in [2.45, 2.75) is 31.7 Å². The van der Waals surface area contributed by atoms with E-state index in [-0.39, 0.29) is 29.5 Å². The molecule has 1 N–H and O–H groups in total. The third kappa shape index (κ3) is 3.62. The number of hydrogen-bond donors (Lipinski definition) is 1. The van der Waals surface area contributed by atoms with Crippen molar-refractivity contribution in [3.05, 3.63) is 65.5 Å². The highest BCUT2D eigenvalue weighted by Crippen LogP contribution is 2.48. The van der Waals surface area contributed by atoms with Crippen LogP contribution < -0.4 is 5.32 Å². The number of benzene rings is 2. The molecular formula is C21H21FN2O2. The van der Waals surface area contributed by atoms with Gasteiger partial charge in [-0.3, -0.25) is 9.59 Å². The summed E-state index contributed by atoms with van der Waals surface area (Å²) in [5.41, 5.74) is 2.78. The molecular weight excluding hydrogens is 331 g/mol. The van der Waals surface area contributed by atoms with Gasteiger partial charge in [0.1, 0.15) is 5.82 Å². The molecule has 1 aliphatic heterocycles. The number of carbonyl (C=O) groups excluding carboxylic acids is 2. The second-order valence-corrected chi connectivity index (χ2v) is 7.11. The number of nitrogens with one attached hydrogen (secondary N) is 1. The molecule has 2 aromatic rings. The van der Waals surface area contributed by atoms with Crippen molar-refractivity contribution < 1.29 is 14.0 Å². The van der Waals surface area contributed by atoms with Crippen molar-refractivity contribution in [2.75, 3.05) is 11.9 Å². The van der Waals surface area contributed by atoms with Crippen molar-refractivity contribution in [3.8, 4) is 0 Å². The number of anilines is 1. The minimum atomic E-state index is -0.260. The first-order valence-corrected chi connectivity index (χ1v) is 9.03. The Balaban J connectivity index is 1.37. The van der Waals surface area contributed by atoms with Crippen molar-refractivity contribution in [2.24, 2.45) is 5.92 Å². The highest BCUT2D eigenvalue weighted by Gasteiger charge is 2.43.